The van der Waals surface area contributed by atoms with E-state index in [0.717, 1.165) is 30.4 Å². The molecule has 0 spiro atoms. The maximum atomic E-state index is 13.2. The summed E-state index contributed by atoms with van der Waals surface area (Å²) < 4.78 is 29.3. The van der Waals surface area contributed by atoms with Crippen LogP contribution in [0.25, 0.3) is 11.1 Å². The van der Waals surface area contributed by atoms with Crippen molar-refractivity contribution in [3.63, 3.8) is 0 Å². The maximum absolute atomic E-state index is 13.2. The fraction of sp³-hybridized carbons (Fsp3) is 0.286. The third kappa shape index (κ3) is 4.80. The summed E-state index contributed by atoms with van der Waals surface area (Å²) >= 11 is 0. The summed E-state index contributed by atoms with van der Waals surface area (Å²) in [4.78, 5) is 17.1. The van der Waals surface area contributed by atoms with Gasteiger partial charge in [-0.15, -0.1) is 4.36 Å². The van der Waals surface area contributed by atoms with E-state index in [9.17, 15) is 9.00 Å². The molecule has 2 aliphatic rings. The summed E-state index contributed by atoms with van der Waals surface area (Å²) in [6, 6.07) is 6.30. The van der Waals surface area contributed by atoms with Crippen LogP contribution in [0.2, 0.25) is 0 Å². The third-order valence-electron chi connectivity index (χ3n) is 5.66. The molecule has 2 amide bonds. The Morgan fingerprint density at radius 2 is 2.11 bits per heavy atom. The third-order valence-corrected chi connectivity index (χ3v) is 7.01. The summed E-state index contributed by atoms with van der Waals surface area (Å²) in [5.74, 6) is 0.375. The van der Waals surface area contributed by atoms with Crippen LogP contribution in [0.1, 0.15) is 17.5 Å². The molecule has 3 N–H and O–H groups in total. The van der Waals surface area contributed by atoms with Crippen molar-refractivity contribution in [3.8, 4) is 22.9 Å². The largest absolute Gasteiger partial charge is 0.501 e. The van der Waals surface area contributed by atoms with Crippen molar-refractivity contribution in [3.05, 3.63) is 47.8 Å². The average molecular weight is 484 g/mol. The molecular weight excluding hydrogens is 465 g/mol. The Hall–Kier alpha value is -3.25. The molecule has 0 fully saturated rings. The Morgan fingerprint density at radius 1 is 1.29 bits per heavy atom. The van der Waals surface area contributed by atoms with E-state index in [0.29, 0.717) is 30.0 Å². The van der Waals surface area contributed by atoms with Gasteiger partial charge in [0.15, 0.2) is 9.92 Å². The molecule has 172 valence electrons. The highest BCUT2D eigenvalue weighted by Crippen LogP contribution is 2.39. The Kier molecular flexibility index (Phi) is 5.88. The number of ether oxygens (including phenoxy) is 2. The number of benzene rings is 1. The second kappa shape index (κ2) is 8.76. The second-order valence-electron chi connectivity index (χ2n) is 8.29. The van der Waals surface area contributed by atoms with E-state index in [1.165, 1.54) is 12.4 Å². The van der Waals surface area contributed by atoms with E-state index in [2.05, 4.69) is 19.8 Å². The van der Waals surface area contributed by atoms with Crippen molar-refractivity contribution >= 4 is 45.2 Å². The Labute approximate surface area is 206 Å². The molecule has 3 aromatic rings. The number of hydrogen-bond acceptors (Lipinski definition) is 6. The van der Waals surface area contributed by atoms with Gasteiger partial charge in [0.2, 0.25) is 11.8 Å². The van der Waals surface area contributed by atoms with E-state index in [4.69, 9.17) is 38.2 Å². The standard InChI is InChI=1S/C21H19B3N6O4S/c22-21(23,24)34-17-10-13(6-7-26-17)15-5-3-12-2-4-14(12)18(15)28-20(31)29-35(25,32)16-11-27-30-8-1-9-33-19(16)30/h3,5-7,10-11H,1-2,4,8-9H2,(H3,25,28,29,31,32). The van der Waals surface area contributed by atoms with Gasteiger partial charge in [-0.25, -0.2) is 23.8 Å². The van der Waals surface area contributed by atoms with Gasteiger partial charge < -0.3 is 14.8 Å². The fourth-order valence-corrected chi connectivity index (χ4v) is 5.04. The minimum absolute atomic E-state index is 0.0819. The number of aromatic nitrogens is 3. The number of nitrogens with two attached hydrogens (primary N) is 1. The second-order valence-corrected chi connectivity index (χ2v) is 10.1. The molecule has 0 saturated heterocycles. The molecule has 0 saturated carbocycles. The summed E-state index contributed by atoms with van der Waals surface area (Å²) in [7, 11) is 12.9. The highest BCUT2D eigenvalue weighted by atomic mass is 32.2. The van der Waals surface area contributed by atoms with E-state index in [-0.39, 0.29) is 16.7 Å². The molecule has 0 bridgehead atoms. The lowest BCUT2D eigenvalue weighted by atomic mass is 9.52. The minimum Gasteiger partial charge on any atom is -0.501 e. The van der Waals surface area contributed by atoms with Crippen molar-refractivity contribution in [1.82, 2.24) is 14.8 Å². The van der Waals surface area contributed by atoms with Gasteiger partial charge in [-0.2, -0.15) is 5.10 Å². The lowest BCUT2D eigenvalue weighted by Crippen LogP contribution is -2.37. The highest BCUT2D eigenvalue weighted by Gasteiger charge is 2.26. The number of carbonyl (C=O) groups is 1. The smallest absolute Gasteiger partial charge is 0.354 e. The first-order chi connectivity index (χ1) is 16.6. The maximum Gasteiger partial charge on any atom is 0.354 e. The monoisotopic (exact) mass is 484 g/mol. The molecule has 6 radical (unpaired) electrons. The van der Waals surface area contributed by atoms with Gasteiger partial charge in [-0.3, -0.25) is 0 Å². The van der Waals surface area contributed by atoms with Gasteiger partial charge in [0.25, 0.3) is 0 Å². The lowest BCUT2D eigenvalue weighted by Gasteiger charge is -2.26. The van der Waals surface area contributed by atoms with Crippen molar-refractivity contribution < 1.29 is 18.5 Å². The number of carbonyl (C=O) groups excluding carboxylic acids is 1. The zero-order valence-corrected chi connectivity index (χ0v) is 19.5. The summed E-state index contributed by atoms with van der Waals surface area (Å²) in [5, 5.41) is 11.0. The molecular formula is C21H19B3N6O4S. The zero-order valence-electron chi connectivity index (χ0n) is 18.6. The van der Waals surface area contributed by atoms with Gasteiger partial charge in [0.1, 0.15) is 28.4 Å². The molecule has 1 atom stereocenters. The molecule has 5 rings (SSSR count). The zero-order chi connectivity index (χ0) is 24.8. The van der Waals surface area contributed by atoms with E-state index < -0.39 is 21.2 Å². The number of aryl methyl sites for hydroxylation is 2. The number of rotatable bonds is 5. The first-order valence-electron chi connectivity index (χ1n) is 10.8. The molecule has 1 unspecified atom stereocenters. The van der Waals surface area contributed by atoms with Gasteiger partial charge in [0, 0.05) is 30.8 Å². The van der Waals surface area contributed by atoms with Crippen molar-refractivity contribution in [2.75, 3.05) is 11.9 Å². The summed E-state index contributed by atoms with van der Waals surface area (Å²) in [5.41, 5.74) is 3.91. The van der Waals surface area contributed by atoms with Crippen LogP contribution in [0.5, 0.6) is 11.8 Å². The molecule has 1 aromatic carbocycles. The molecule has 3 heterocycles. The van der Waals surface area contributed by atoms with E-state index in [1.54, 1.807) is 16.8 Å². The number of hydrogen-bond donors (Lipinski definition) is 2. The van der Waals surface area contributed by atoms with Crippen molar-refractivity contribution in [1.29, 1.82) is 0 Å². The van der Waals surface area contributed by atoms with Crippen LogP contribution in [0.15, 0.2) is 45.9 Å². The molecule has 2 aromatic heterocycles. The van der Waals surface area contributed by atoms with Crippen LogP contribution in [0.4, 0.5) is 10.5 Å². The van der Waals surface area contributed by atoms with Gasteiger partial charge in [0.05, 0.1) is 18.5 Å². The molecule has 35 heavy (non-hydrogen) atoms. The first kappa shape index (κ1) is 23.5. The van der Waals surface area contributed by atoms with Crippen LogP contribution < -0.4 is 19.9 Å². The van der Waals surface area contributed by atoms with Crippen LogP contribution in [0.3, 0.4) is 0 Å². The number of pyridine rings is 1. The highest BCUT2D eigenvalue weighted by molar-refractivity contribution is 7.91. The van der Waals surface area contributed by atoms with Crippen LogP contribution in [0, 0.1) is 0 Å². The number of nitrogens with one attached hydrogen (secondary N) is 1. The van der Waals surface area contributed by atoms with Crippen LogP contribution in [-0.2, 0) is 29.3 Å². The van der Waals surface area contributed by atoms with Gasteiger partial charge in [-0.1, -0.05) is 12.1 Å². The van der Waals surface area contributed by atoms with Crippen molar-refractivity contribution in [2.45, 2.75) is 36.0 Å². The molecule has 1 aliphatic carbocycles. The van der Waals surface area contributed by atoms with Crippen LogP contribution >= 0.6 is 0 Å². The van der Waals surface area contributed by atoms with Gasteiger partial charge in [-0.05, 0) is 40.9 Å². The van der Waals surface area contributed by atoms with Crippen LogP contribution in [-0.4, -0.2) is 60.4 Å². The SMILES string of the molecule is [B]C([B])([B])Oc1cc(-c2ccc3c(c2NC(=O)N=S(N)(=O)c2cnn4c2OCCC4)CC3)ccn1. The predicted octanol–water partition coefficient (Wildman–Crippen LogP) is 1.25. The normalized spacial score (nSPS) is 16.0. The Bertz CT molecular complexity index is 1450. The number of nitrogens with zero attached hydrogens (tertiary/aromatic N) is 4. The Balaban J connectivity index is 1.48. The lowest BCUT2D eigenvalue weighted by molar-refractivity contribution is 0.224. The first-order valence-corrected chi connectivity index (χ1v) is 12.4. The number of urea groups is 1. The number of amides is 2. The van der Waals surface area contributed by atoms with E-state index >= 15 is 0 Å². The minimum atomic E-state index is -3.60. The van der Waals surface area contributed by atoms with Crippen molar-refractivity contribution in [2.24, 2.45) is 9.50 Å². The molecule has 10 nitrogen and oxygen atoms in total. The number of anilines is 1. The molecule has 14 heteroatoms. The Morgan fingerprint density at radius 3 is 2.86 bits per heavy atom. The average Bonchev–Trinajstić information content (AvgIpc) is 3.19. The summed E-state index contributed by atoms with van der Waals surface area (Å²) in [6.07, 6.45) is 5.23. The quantitative estimate of drug-likeness (QED) is 0.525. The predicted molar refractivity (Wildman–Crippen MR) is 132 cm³/mol. The fourth-order valence-electron chi connectivity index (χ4n) is 4.04. The number of fused-ring (bicyclic) bond motifs is 2. The topological polar surface area (TPSA) is 134 Å². The molecule has 1 aliphatic heterocycles. The summed E-state index contributed by atoms with van der Waals surface area (Å²) in [6.45, 7) is 1.05. The van der Waals surface area contributed by atoms with E-state index in [1.807, 2.05) is 12.1 Å². The van der Waals surface area contributed by atoms with Gasteiger partial charge >= 0.3 is 6.03 Å².